The van der Waals surface area contributed by atoms with E-state index in [1.54, 1.807) is 0 Å². The molecule has 0 bridgehead atoms. The lowest BCUT2D eigenvalue weighted by Crippen LogP contribution is -2.07. The molecule has 1 rings (SSSR count). The number of rotatable bonds is 1. The highest BCUT2D eigenvalue weighted by Gasteiger charge is 2.06. The van der Waals surface area contributed by atoms with Crippen molar-refractivity contribution in [3.05, 3.63) is 10.5 Å². The van der Waals surface area contributed by atoms with Crippen LogP contribution in [0, 0.1) is 0 Å². The first-order valence-corrected chi connectivity index (χ1v) is 4.87. The quantitative estimate of drug-likeness (QED) is 0.632. The van der Waals surface area contributed by atoms with Crippen molar-refractivity contribution >= 4 is 24.3 Å². The van der Waals surface area contributed by atoms with Gasteiger partial charge in [-0.2, -0.15) is 4.21 Å². The van der Waals surface area contributed by atoms with Crippen LogP contribution in [0.2, 0.25) is 0 Å². The maximum absolute atomic E-state index is 7.83. The predicted octanol–water partition coefficient (Wildman–Crippen LogP) is 1.71. The zero-order valence-electron chi connectivity index (χ0n) is 6.75. The van der Waals surface area contributed by atoms with Gasteiger partial charge in [0, 0.05) is 4.91 Å². The van der Waals surface area contributed by atoms with E-state index in [1.165, 1.54) is 10.5 Å². The van der Waals surface area contributed by atoms with Gasteiger partial charge < -0.3 is 4.74 Å². The Balaban J connectivity index is 0.000000461. The summed E-state index contributed by atoms with van der Waals surface area (Å²) in [5.41, 5.74) is 1.51. The number of ether oxygens (including phenoxy) is 1. The molecule has 0 amide bonds. The van der Waals surface area contributed by atoms with Crippen molar-refractivity contribution < 1.29 is 8.95 Å². The summed E-state index contributed by atoms with van der Waals surface area (Å²) >= 11 is 4.64. The lowest BCUT2D eigenvalue weighted by atomic mass is 10.2. The SMILES string of the molecule is CSC1=C(C)CCOC1.O=S. The normalized spacial score (nSPS) is 17.3. The van der Waals surface area contributed by atoms with E-state index in [9.17, 15) is 0 Å². The van der Waals surface area contributed by atoms with Crippen LogP contribution in [-0.4, -0.2) is 23.7 Å². The Morgan fingerprint density at radius 3 is 2.55 bits per heavy atom. The average Bonchev–Trinajstić information content (AvgIpc) is 2.09. The highest BCUT2D eigenvalue weighted by molar-refractivity contribution is 8.02. The van der Waals surface area contributed by atoms with E-state index in [0.29, 0.717) is 0 Å². The predicted molar refractivity (Wildman–Crippen MR) is 49.8 cm³/mol. The van der Waals surface area contributed by atoms with Gasteiger partial charge in [0.05, 0.1) is 13.2 Å². The van der Waals surface area contributed by atoms with Crippen molar-refractivity contribution in [2.75, 3.05) is 19.5 Å². The van der Waals surface area contributed by atoms with Gasteiger partial charge in [-0.3, -0.25) is 0 Å². The maximum Gasteiger partial charge on any atom is 0.197 e. The molecule has 0 unspecified atom stereocenters. The van der Waals surface area contributed by atoms with Gasteiger partial charge in [-0.25, -0.2) is 0 Å². The average molecular weight is 192 g/mol. The Morgan fingerprint density at radius 2 is 2.18 bits per heavy atom. The van der Waals surface area contributed by atoms with E-state index in [0.717, 1.165) is 19.6 Å². The van der Waals surface area contributed by atoms with E-state index in [4.69, 9.17) is 8.95 Å². The van der Waals surface area contributed by atoms with E-state index in [2.05, 4.69) is 25.7 Å². The van der Waals surface area contributed by atoms with Crippen LogP contribution in [0.1, 0.15) is 13.3 Å². The number of hydrogen-bond donors (Lipinski definition) is 0. The minimum atomic E-state index is 0.840. The van der Waals surface area contributed by atoms with Gasteiger partial charge >= 0.3 is 0 Å². The molecule has 64 valence electrons. The van der Waals surface area contributed by atoms with Crippen LogP contribution in [-0.2, 0) is 17.3 Å². The first-order valence-electron chi connectivity index (χ1n) is 3.31. The van der Waals surface area contributed by atoms with E-state index < -0.39 is 0 Å². The van der Waals surface area contributed by atoms with Gasteiger partial charge in [-0.05, 0) is 19.6 Å². The first-order chi connectivity index (χ1) is 5.34. The molecule has 0 aliphatic carbocycles. The van der Waals surface area contributed by atoms with Crippen LogP contribution in [0.4, 0.5) is 0 Å². The fourth-order valence-electron chi connectivity index (χ4n) is 0.886. The highest BCUT2D eigenvalue weighted by atomic mass is 32.2. The molecular weight excluding hydrogens is 180 g/mol. The molecule has 0 aromatic heterocycles. The second kappa shape index (κ2) is 6.76. The molecule has 11 heavy (non-hydrogen) atoms. The summed E-state index contributed by atoms with van der Waals surface area (Å²) in [6.45, 7) is 3.94. The molecule has 4 heteroatoms. The van der Waals surface area contributed by atoms with Gasteiger partial charge in [-0.15, -0.1) is 11.8 Å². The Bertz CT molecular complexity index is 145. The molecule has 0 radical (unpaired) electrons. The van der Waals surface area contributed by atoms with Crippen molar-refractivity contribution in [3.8, 4) is 0 Å². The Labute approximate surface area is 76.9 Å². The maximum atomic E-state index is 7.83. The Kier molecular flexibility index (Phi) is 6.80. The lowest BCUT2D eigenvalue weighted by molar-refractivity contribution is 0.152. The smallest absolute Gasteiger partial charge is 0.197 e. The molecule has 0 fully saturated rings. The molecule has 0 saturated carbocycles. The van der Waals surface area contributed by atoms with Crippen molar-refractivity contribution in [1.29, 1.82) is 0 Å². The summed E-state index contributed by atoms with van der Waals surface area (Å²) in [5.74, 6) is 0. The van der Waals surface area contributed by atoms with Crippen LogP contribution in [0.15, 0.2) is 10.5 Å². The van der Waals surface area contributed by atoms with Gasteiger partial charge in [0.25, 0.3) is 0 Å². The molecule has 0 aromatic carbocycles. The van der Waals surface area contributed by atoms with Crippen molar-refractivity contribution in [2.24, 2.45) is 0 Å². The lowest BCUT2D eigenvalue weighted by Gasteiger charge is -2.15. The fraction of sp³-hybridized carbons (Fsp3) is 0.714. The molecule has 1 heterocycles. The molecule has 0 saturated heterocycles. The monoisotopic (exact) mass is 192 g/mol. The molecule has 0 atom stereocenters. The van der Waals surface area contributed by atoms with Crippen molar-refractivity contribution in [2.45, 2.75) is 13.3 Å². The van der Waals surface area contributed by atoms with Crippen LogP contribution < -0.4 is 0 Å². The molecule has 0 N–H and O–H groups in total. The van der Waals surface area contributed by atoms with E-state index in [-0.39, 0.29) is 0 Å². The van der Waals surface area contributed by atoms with Gasteiger partial charge in [-0.1, -0.05) is 5.57 Å². The highest BCUT2D eigenvalue weighted by Crippen LogP contribution is 2.22. The van der Waals surface area contributed by atoms with Crippen molar-refractivity contribution in [1.82, 2.24) is 0 Å². The summed E-state index contributed by atoms with van der Waals surface area (Å²) in [6.07, 6.45) is 3.23. The topological polar surface area (TPSA) is 26.3 Å². The van der Waals surface area contributed by atoms with Gasteiger partial charge in [0.15, 0.2) is 12.5 Å². The zero-order valence-corrected chi connectivity index (χ0v) is 8.39. The molecule has 1 aliphatic heterocycles. The zero-order chi connectivity index (χ0) is 8.69. The number of hydrogen-bond acceptors (Lipinski definition) is 4. The minimum Gasteiger partial charge on any atom is -0.376 e. The number of thioether (sulfide) groups is 1. The summed E-state index contributed by atoms with van der Waals surface area (Å²) in [5, 5.41) is 0. The van der Waals surface area contributed by atoms with Crippen LogP contribution in [0.5, 0.6) is 0 Å². The summed E-state index contributed by atoms with van der Waals surface area (Å²) in [4.78, 5) is 1.42. The summed E-state index contributed by atoms with van der Waals surface area (Å²) < 4.78 is 13.1. The van der Waals surface area contributed by atoms with Crippen molar-refractivity contribution in [3.63, 3.8) is 0 Å². The van der Waals surface area contributed by atoms with Gasteiger partial charge in [0.1, 0.15) is 0 Å². The Hall–Kier alpha value is 0.0700. The third-order valence-electron chi connectivity index (χ3n) is 1.58. The van der Waals surface area contributed by atoms with Crippen LogP contribution in [0.25, 0.3) is 0 Å². The first kappa shape index (κ1) is 11.1. The largest absolute Gasteiger partial charge is 0.376 e. The third-order valence-corrected chi connectivity index (χ3v) is 2.54. The molecule has 0 spiro atoms. The molecule has 2 nitrogen and oxygen atoms in total. The Morgan fingerprint density at radius 1 is 1.55 bits per heavy atom. The minimum absolute atomic E-state index is 0.840. The fourth-order valence-corrected chi connectivity index (χ4v) is 1.54. The molecule has 1 aliphatic rings. The molecule has 0 aromatic rings. The van der Waals surface area contributed by atoms with E-state index in [1.807, 2.05) is 11.8 Å². The second-order valence-electron chi connectivity index (χ2n) is 2.21. The van der Waals surface area contributed by atoms with Crippen LogP contribution in [0.3, 0.4) is 0 Å². The second-order valence-corrected chi connectivity index (χ2v) is 3.11. The van der Waals surface area contributed by atoms with Gasteiger partial charge in [0.2, 0.25) is 0 Å². The van der Waals surface area contributed by atoms with E-state index >= 15 is 0 Å². The third kappa shape index (κ3) is 3.84. The summed E-state index contributed by atoms with van der Waals surface area (Å²) in [7, 11) is 0. The standard InChI is InChI=1S/C7H12OS.OS/c1-6-3-4-8-5-7(6)9-2;1-2/h3-5H2,1-2H3;. The molecular formula is C7H12O2S2. The van der Waals surface area contributed by atoms with Crippen LogP contribution >= 0.6 is 11.8 Å². The summed E-state index contributed by atoms with van der Waals surface area (Å²) in [6, 6.07) is 0.